The third kappa shape index (κ3) is 4.41. The van der Waals surface area contributed by atoms with Crippen LogP contribution in [0.4, 0.5) is 11.4 Å². The van der Waals surface area contributed by atoms with Crippen LogP contribution in [0.15, 0.2) is 83.3 Å². The van der Waals surface area contributed by atoms with Crippen molar-refractivity contribution in [1.82, 2.24) is 10.2 Å². The molecule has 2 N–H and O–H groups in total. The maximum Gasteiger partial charge on any atom is 0.255 e. The van der Waals surface area contributed by atoms with Crippen molar-refractivity contribution >= 4 is 23.2 Å². The molecule has 3 aromatic carbocycles. The largest absolute Gasteiger partial charge is 0.416 e. The molecule has 0 bridgehead atoms. The minimum Gasteiger partial charge on any atom is -0.416 e. The zero-order chi connectivity index (χ0) is 20.9. The Balaban J connectivity index is 1.43. The highest BCUT2D eigenvalue weighted by atomic mass is 16.4. The van der Waals surface area contributed by atoms with Crippen molar-refractivity contribution < 1.29 is 14.0 Å². The summed E-state index contributed by atoms with van der Waals surface area (Å²) < 4.78 is 5.75. The normalized spacial score (nSPS) is 10.4. The Bertz CT molecular complexity index is 1170. The number of aromatic nitrogens is 2. The number of nitrogens with one attached hydrogen (secondary N) is 2. The van der Waals surface area contributed by atoms with Crippen LogP contribution in [0.2, 0.25) is 0 Å². The minimum absolute atomic E-state index is 0.163. The van der Waals surface area contributed by atoms with Gasteiger partial charge in [-0.05, 0) is 60.7 Å². The van der Waals surface area contributed by atoms with Gasteiger partial charge >= 0.3 is 0 Å². The number of carbonyl (C=O) groups is 2. The fourth-order valence-electron chi connectivity index (χ4n) is 2.84. The molecule has 7 nitrogen and oxygen atoms in total. The summed E-state index contributed by atoms with van der Waals surface area (Å²) >= 11 is 0. The molecule has 0 unspecified atom stereocenters. The molecule has 0 aliphatic rings. The Morgan fingerprint density at radius 2 is 1.23 bits per heavy atom. The van der Waals surface area contributed by atoms with Crippen molar-refractivity contribution in [3.63, 3.8) is 0 Å². The van der Waals surface area contributed by atoms with E-state index in [1.165, 1.54) is 6.92 Å². The summed E-state index contributed by atoms with van der Waals surface area (Å²) in [7, 11) is 0. The highest BCUT2D eigenvalue weighted by Gasteiger charge is 2.11. The Labute approximate surface area is 172 Å². The highest BCUT2D eigenvalue weighted by Crippen LogP contribution is 2.25. The molecule has 7 heteroatoms. The quantitative estimate of drug-likeness (QED) is 0.511. The minimum atomic E-state index is -0.249. The van der Waals surface area contributed by atoms with Gasteiger partial charge in [-0.1, -0.05) is 18.2 Å². The SMILES string of the molecule is CC(=O)Nc1ccc(C(=O)Nc2ccc(-c3nnc(-c4ccccc4)o3)cc2)cc1. The summed E-state index contributed by atoms with van der Waals surface area (Å²) in [5.74, 6) is 0.441. The topological polar surface area (TPSA) is 97.1 Å². The van der Waals surface area contributed by atoms with Gasteiger partial charge in [-0.3, -0.25) is 9.59 Å². The summed E-state index contributed by atoms with van der Waals surface area (Å²) in [5.41, 5.74) is 3.36. The summed E-state index contributed by atoms with van der Waals surface area (Å²) in [5, 5.41) is 13.7. The van der Waals surface area contributed by atoms with Crippen LogP contribution >= 0.6 is 0 Å². The van der Waals surface area contributed by atoms with Gasteiger partial charge in [0.1, 0.15) is 0 Å². The van der Waals surface area contributed by atoms with Gasteiger partial charge in [-0.15, -0.1) is 10.2 Å². The fraction of sp³-hybridized carbons (Fsp3) is 0.0435. The van der Waals surface area contributed by atoms with E-state index in [4.69, 9.17) is 4.42 Å². The zero-order valence-electron chi connectivity index (χ0n) is 16.1. The molecular weight excluding hydrogens is 380 g/mol. The van der Waals surface area contributed by atoms with Crippen LogP contribution in [0.25, 0.3) is 22.9 Å². The molecule has 148 valence electrons. The van der Waals surface area contributed by atoms with E-state index in [1.54, 1.807) is 48.5 Å². The predicted molar refractivity (Wildman–Crippen MR) is 114 cm³/mol. The van der Waals surface area contributed by atoms with Crippen LogP contribution in [0, 0.1) is 0 Å². The van der Waals surface area contributed by atoms with Crippen molar-refractivity contribution in [3.8, 4) is 22.9 Å². The Hall–Kier alpha value is -4.26. The number of carbonyl (C=O) groups excluding carboxylic acids is 2. The zero-order valence-corrected chi connectivity index (χ0v) is 16.1. The molecule has 1 aromatic heterocycles. The molecule has 4 rings (SSSR count). The van der Waals surface area contributed by atoms with Crippen molar-refractivity contribution in [2.24, 2.45) is 0 Å². The molecule has 0 aliphatic carbocycles. The second-order valence-electron chi connectivity index (χ2n) is 6.57. The van der Waals surface area contributed by atoms with Crippen LogP contribution in [0.1, 0.15) is 17.3 Å². The average Bonchev–Trinajstić information content (AvgIpc) is 3.25. The molecule has 30 heavy (non-hydrogen) atoms. The number of nitrogens with zero attached hydrogens (tertiary/aromatic N) is 2. The second-order valence-corrected chi connectivity index (χ2v) is 6.57. The fourth-order valence-corrected chi connectivity index (χ4v) is 2.84. The van der Waals surface area contributed by atoms with E-state index in [9.17, 15) is 9.59 Å². The van der Waals surface area contributed by atoms with E-state index in [0.717, 1.165) is 11.1 Å². The van der Waals surface area contributed by atoms with E-state index in [2.05, 4.69) is 20.8 Å². The molecule has 0 fully saturated rings. The Morgan fingerprint density at radius 3 is 1.83 bits per heavy atom. The molecule has 0 atom stereocenters. The maximum atomic E-state index is 12.4. The van der Waals surface area contributed by atoms with Gasteiger partial charge in [0.05, 0.1) is 0 Å². The number of hydrogen-bond acceptors (Lipinski definition) is 5. The van der Waals surface area contributed by atoms with Crippen molar-refractivity contribution in [2.45, 2.75) is 6.92 Å². The summed E-state index contributed by atoms with van der Waals surface area (Å²) in [4.78, 5) is 23.5. The average molecular weight is 398 g/mol. The Kier molecular flexibility index (Phi) is 5.34. The van der Waals surface area contributed by atoms with Gasteiger partial charge < -0.3 is 15.1 Å². The van der Waals surface area contributed by atoms with Crippen molar-refractivity contribution in [2.75, 3.05) is 10.6 Å². The number of hydrogen-bond donors (Lipinski definition) is 2. The van der Waals surface area contributed by atoms with Gasteiger partial charge in [0.15, 0.2) is 0 Å². The number of benzene rings is 3. The van der Waals surface area contributed by atoms with Gasteiger partial charge in [0, 0.05) is 35.0 Å². The first-order valence-electron chi connectivity index (χ1n) is 9.27. The summed E-state index contributed by atoms with van der Waals surface area (Å²) in [6, 6.07) is 23.3. The lowest BCUT2D eigenvalue weighted by Gasteiger charge is -2.07. The molecule has 0 saturated carbocycles. The van der Waals surface area contributed by atoms with Crippen molar-refractivity contribution in [1.29, 1.82) is 0 Å². The maximum absolute atomic E-state index is 12.4. The first-order chi connectivity index (χ1) is 14.6. The summed E-state index contributed by atoms with van der Waals surface area (Å²) in [6.45, 7) is 1.43. The lowest BCUT2D eigenvalue weighted by Crippen LogP contribution is -2.12. The highest BCUT2D eigenvalue weighted by molar-refractivity contribution is 6.04. The first-order valence-corrected chi connectivity index (χ1v) is 9.27. The molecule has 0 radical (unpaired) electrons. The van der Waals surface area contributed by atoms with Gasteiger partial charge in [0.25, 0.3) is 5.91 Å². The number of anilines is 2. The Morgan fingerprint density at radius 1 is 0.700 bits per heavy atom. The molecule has 1 heterocycles. The second kappa shape index (κ2) is 8.40. The smallest absolute Gasteiger partial charge is 0.255 e. The van der Waals surface area contributed by atoms with Crippen LogP contribution in [-0.4, -0.2) is 22.0 Å². The van der Waals surface area contributed by atoms with E-state index in [-0.39, 0.29) is 11.8 Å². The lowest BCUT2D eigenvalue weighted by atomic mass is 10.1. The molecule has 0 aliphatic heterocycles. The number of rotatable bonds is 5. The van der Waals surface area contributed by atoms with Crippen molar-refractivity contribution in [3.05, 3.63) is 84.4 Å². The lowest BCUT2D eigenvalue weighted by molar-refractivity contribution is -0.114. The van der Waals surface area contributed by atoms with Crippen LogP contribution < -0.4 is 10.6 Å². The molecule has 4 aromatic rings. The predicted octanol–water partition coefficient (Wildman–Crippen LogP) is 4.61. The van der Waals surface area contributed by atoms with Gasteiger partial charge in [-0.2, -0.15) is 0 Å². The van der Waals surface area contributed by atoms with Gasteiger partial charge in [0.2, 0.25) is 17.7 Å². The van der Waals surface area contributed by atoms with E-state index in [1.807, 2.05) is 30.3 Å². The van der Waals surface area contributed by atoms with Crippen LogP contribution in [0.5, 0.6) is 0 Å². The molecular formula is C23H18N4O3. The van der Waals surface area contributed by atoms with E-state index < -0.39 is 0 Å². The van der Waals surface area contributed by atoms with Gasteiger partial charge in [-0.25, -0.2) is 0 Å². The molecule has 0 saturated heterocycles. The van der Waals surface area contributed by atoms with Crippen LogP contribution in [0.3, 0.4) is 0 Å². The molecule has 0 spiro atoms. The first kappa shape index (κ1) is 19.1. The third-order valence-corrected chi connectivity index (χ3v) is 4.30. The monoisotopic (exact) mass is 398 g/mol. The van der Waals surface area contributed by atoms with Crippen LogP contribution in [-0.2, 0) is 4.79 Å². The number of amides is 2. The summed E-state index contributed by atoms with van der Waals surface area (Å²) in [6.07, 6.45) is 0. The van der Waals surface area contributed by atoms with E-state index in [0.29, 0.717) is 28.7 Å². The molecule has 2 amide bonds. The van der Waals surface area contributed by atoms with E-state index >= 15 is 0 Å². The third-order valence-electron chi connectivity index (χ3n) is 4.30. The standard InChI is InChI=1S/C23H18N4O3/c1-15(28)24-19-11-7-16(8-12-19)21(29)25-20-13-9-18(10-14-20)23-27-26-22(30-23)17-5-3-2-4-6-17/h2-14H,1H3,(H,24,28)(H,25,29).